The summed E-state index contributed by atoms with van der Waals surface area (Å²) in [6.07, 6.45) is -2.17. The van der Waals surface area contributed by atoms with Crippen LogP contribution < -0.4 is 0 Å². The number of fused-ring (bicyclic) bond motifs is 1. The smallest absolute Gasteiger partial charge is 0.416 e. The summed E-state index contributed by atoms with van der Waals surface area (Å²) in [6, 6.07) is 10.8. The van der Waals surface area contributed by atoms with Gasteiger partial charge in [0.25, 0.3) is 0 Å². The molecule has 0 bridgehead atoms. The molecule has 0 atom stereocenters. The minimum atomic E-state index is -4.35. The maximum absolute atomic E-state index is 12.7. The Labute approximate surface area is 149 Å². The van der Waals surface area contributed by atoms with E-state index in [9.17, 15) is 18.0 Å². The first-order valence-electron chi connectivity index (χ1n) is 8.20. The Hall–Kier alpha value is -2.76. The molecule has 1 heterocycles. The summed E-state index contributed by atoms with van der Waals surface area (Å²) in [7, 11) is 1.33. The van der Waals surface area contributed by atoms with Crippen LogP contribution in [0.3, 0.4) is 0 Å². The van der Waals surface area contributed by atoms with Gasteiger partial charge in [-0.25, -0.2) is 4.79 Å². The lowest BCUT2D eigenvalue weighted by Gasteiger charge is -2.09. The van der Waals surface area contributed by atoms with Crippen LogP contribution in [0.25, 0.3) is 10.9 Å². The van der Waals surface area contributed by atoms with Crippen molar-refractivity contribution in [2.45, 2.75) is 26.1 Å². The van der Waals surface area contributed by atoms with Gasteiger partial charge in [-0.2, -0.15) is 13.2 Å². The Morgan fingerprint density at radius 2 is 1.81 bits per heavy atom. The van der Waals surface area contributed by atoms with Gasteiger partial charge in [0.05, 0.1) is 18.2 Å². The average Bonchev–Trinajstić information content (AvgIpc) is 3.00. The lowest BCUT2D eigenvalue weighted by atomic mass is 9.98. The van der Waals surface area contributed by atoms with E-state index >= 15 is 0 Å². The molecular weight excluding hydrogens is 343 g/mol. The third-order valence-electron chi connectivity index (χ3n) is 4.41. The lowest BCUT2D eigenvalue weighted by molar-refractivity contribution is -0.137. The molecule has 1 aromatic heterocycles. The summed E-state index contributed by atoms with van der Waals surface area (Å²) < 4.78 is 45.0. The molecule has 0 N–H and O–H groups in total. The van der Waals surface area contributed by atoms with Crippen LogP contribution >= 0.6 is 0 Å². The van der Waals surface area contributed by atoms with E-state index in [1.807, 2.05) is 29.7 Å². The molecule has 2 aromatic carbocycles. The zero-order valence-electron chi connectivity index (χ0n) is 14.4. The highest BCUT2D eigenvalue weighted by Crippen LogP contribution is 2.31. The Balaban J connectivity index is 2.05. The van der Waals surface area contributed by atoms with Gasteiger partial charge < -0.3 is 9.30 Å². The van der Waals surface area contributed by atoms with E-state index < -0.39 is 17.7 Å². The summed E-state index contributed by atoms with van der Waals surface area (Å²) >= 11 is 0. The summed E-state index contributed by atoms with van der Waals surface area (Å²) in [5, 5.41) is 0.779. The van der Waals surface area contributed by atoms with Crippen LogP contribution in [0, 0.1) is 0 Å². The van der Waals surface area contributed by atoms with Crippen molar-refractivity contribution in [3.63, 3.8) is 0 Å². The highest BCUT2D eigenvalue weighted by atomic mass is 19.4. The fourth-order valence-corrected chi connectivity index (χ4v) is 3.13. The number of aryl methyl sites for hydroxylation is 1. The molecule has 6 heteroatoms. The van der Waals surface area contributed by atoms with E-state index in [-0.39, 0.29) is 0 Å². The second-order valence-electron chi connectivity index (χ2n) is 6.00. The Morgan fingerprint density at radius 1 is 1.12 bits per heavy atom. The lowest BCUT2D eigenvalue weighted by Crippen LogP contribution is -2.04. The molecule has 0 aliphatic heterocycles. The zero-order valence-corrected chi connectivity index (χ0v) is 14.4. The van der Waals surface area contributed by atoms with Crippen LogP contribution in [0.2, 0.25) is 0 Å². The number of rotatable bonds is 4. The van der Waals surface area contributed by atoms with Crippen molar-refractivity contribution in [3.05, 3.63) is 70.9 Å². The number of aromatic nitrogens is 1. The second-order valence-corrected chi connectivity index (χ2v) is 6.00. The van der Waals surface area contributed by atoms with Gasteiger partial charge in [0, 0.05) is 23.6 Å². The summed E-state index contributed by atoms with van der Waals surface area (Å²) in [5.74, 6) is -0.429. The average molecular weight is 361 g/mol. The SMILES string of the molecule is CCn1cc(C(=O)OC)c2c(Cc3ccc(C(F)(F)F)cc3)cccc21. The van der Waals surface area contributed by atoms with E-state index in [4.69, 9.17) is 4.74 Å². The van der Waals surface area contributed by atoms with Crippen molar-refractivity contribution >= 4 is 16.9 Å². The number of ether oxygens (including phenoxy) is 1. The number of hydrogen-bond acceptors (Lipinski definition) is 2. The molecule has 26 heavy (non-hydrogen) atoms. The van der Waals surface area contributed by atoms with Gasteiger partial charge in [0.2, 0.25) is 0 Å². The Morgan fingerprint density at radius 3 is 2.38 bits per heavy atom. The minimum Gasteiger partial charge on any atom is -0.465 e. The van der Waals surface area contributed by atoms with E-state index in [0.717, 1.165) is 34.2 Å². The quantitative estimate of drug-likeness (QED) is 0.609. The molecule has 0 amide bonds. The molecule has 0 saturated carbocycles. The van der Waals surface area contributed by atoms with Crippen LogP contribution in [0.1, 0.15) is 34.0 Å². The third kappa shape index (κ3) is 3.31. The molecule has 0 aliphatic rings. The van der Waals surface area contributed by atoms with Crippen LogP contribution in [-0.4, -0.2) is 17.6 Å². The van der Waals surface area contributed by atoms with E-state index in [0.29, 0.717) is 18.5 Å². The minimum absolute atomic E-state index is 0.424. The van der Waals surface area contributed by atoms with Gasteiger partial charge in [0.15, 0.2) is 0 Å². The Kier molecular flexibility index (Phi) is 4.76. The molecule has 0 aliphatic carbocycles. The van der Waals surface area contributed by atoms with Crippen LogP contribution in [0.5, 0.6) is 0 Å². The fraction of sp³-hybridized carbons (Fsp3) is 0.250. The van der Waals surface area contributed by atoms with Gasteiger partial charge >= 0.3 is 12.1 Å². The highest BCUT2D eigenvalue weighted by Gasteiger charge is 2.30. The van der Waals surface area contributed by atoms with Gasteiger partial charge in [-0.1, -0.05) is 24.3 Å². The molecule has 3 nitrogen and oxygen atoms in total. The monoisotopic (exact) mass is 361 g/mol. The molecule has 0 fully saturated rings. The first kappa shape index (κ1) is 18.0. The van der Waals surface area contributed by atoms with E-state index in [1.165, 1.54) is 19.2 Å². The maximum atomic E-state index is 12.7. The molecule has 136 valence electrons. The maximum Gasteiger partial charge on any atom is 0.416 e. The predicted octanol–water partition coefficient (Wildman–Crippen LogP) is 5.06. The molecule has 0 radical (unpaired) electrons. The number of carbonyl (C=O) groups excluding carboxylic acids is 1. The number of methoxy groups -OCH3 is 1. The van der Waals surface area contributed by atoms with E-state index in [1.54, 1.807) is 6.20 Å². The number of halogens is 3. The molecule has 0 saturated heterocycles. The van der Waals surface area contributed by atoms with Gasteiger partial charge in [-0.15, -0.1) is 0 Å². The molecule has 3 rings (SSSR count). The van der Waals surface area contributed by atoms with Crippen molar-refractivity contribution in [1.82, 2.24) is 4.57 Å². The van der Waals surface area contributed by atoms with Crippen molar-refractivity contribution in [3.8, 4) is 0 Å². The summed E-state index contributed by atoms with van der Waals surface area (Å²) in [6.45, 7) is 2.67. The largest absolute Gasteiger partial charge is 0.465 e. The fourth-order valence-electron chi connectivity index (χ4n) is 3.13. The van der Waals surface area contributed by atoms with Crippen molar-refractivity contribution in [2.24, 2.45) is 0 Å². The zero-order chi connectivity index (χ0) is 18.9. The Bertz CT molecular complexity index is 940. The predicted molar refractivity (Wildman–Crippen MR) is 93.2 cm³/mol. The first-order chi connectivity index (χ1) is 12.3. The number of hydrogen-bond donors (Lipinski definition) is 0. The van der Waals surface area contributed by atoms with Crippen molar-refractivity contribution in [1.29, 1.82) is 0 Å². The number of nitrogens with zero attached hydrogens (tertiary/aromatic N) is 1. The molecule has 0 unspecified atom stereocenters. The number of carbonyl (C=O) groups is 1. The van der Waals surface area contributed by atoms with E-state index in [2.05, 4.69) is 0 Å². The van der Waals surface area contributed by atoms with Crippen LogP contribution in [0.4, 0.5) is 13.2 Å². The second kappa shape index (κ2) is 6.86. The van der Waals surface area contributed by atoms with Crippen LogP contribution in [-0.2, 0) is 23.9 Å². The standard InChI is InChI=1S/C20H18F3NO2/c1-3-24-12-16(19(25)26-2)18-14(5-4-6-17(18)24)11-13-7-9-15(10-8-13)20(21,22)23/h4-10,12H,3,11H2,1-2H3. The highest BCUT2D eigenvalue weighted by molar-refractivity contribution is 6.05. The third-order valence-corrected chi connectivity index (χ3v) is 4.41. The van der Waals surface area contributed by atoms with Crippen molar-refractivity contribution < 1.29 is 22.7 Å². The summed E-state index contributed by atoms with van der Waals surface area (Å²) in [4.78, 5) is 12.2. The number of alkyl halides is 3. The summed E-state index contributed by atoms with van der Waals surface area (Å²) in [5.41, 5.74) is 2.30. The molecule has 3 aromatic rings. The number of esters is 1. The van der Waals surface area contributed by atoms with Gasteiger partial charge in [-0.3, -0.25) is 0 Å². The van der Waals surface area contributed by atoms with Crippen molar-refractivity contribution in [2.75, 3.05) is 7.11 Å². The first-order valence-corrected chi connectivity index (χ1v) is 8.20. The van der Waals surface area contributed by atoms with Gasteiger partial charge in [-0.05, 0) is 42.7 Å². The topological polar surface area (TPSA) is 31.2 Å². The molecule has 0 spiro atoms. The number of benzene rings is 2. The normalized spacial score (nSPS) is 11.7. The van der Waals surface area contributed by atoms with Crippen LogP contribution in [0.15, 0.2) is 48.7 Å². The van der Waals surface area contributed by atoms with Gasteiger partial charge in [0.1, 0.15) is 0 Å². The molecular formula is C20H18F3NO2.